The Labute approximate surface area is 121 Å². The number of hydrogen-bond acceptors (Lipinski definition) is 2. The molecule has 20 heavy (non-hydrogen) atoms. The van der Waals surface area contributed by atoms with E-state index < -0.39 is 0 Å². The van der Waals surface area contributed by atoms with E-state index in [2.05, 4.69) is 45.9 Å². The summed E-state index contributed by atoms with van der Waals surface area (Å²) in [7, 11) is 0. The first-order chi connectivity index (χ1) is 9.78. The van der Waals surface area contributed by atoms with Gasteiger partial charge >= 0.3 is 6.03 Å². The summed E-state index contributed by atoms with van der Waals surface area (Å²) in [5, 5.41) is 5.72. The number of nitrogens with zero attached hydrogens (tertiary/aromatic N) is 1. The normalized spacial score (nSPS) is 16.9. The summed E-state index contributed by atoms with van der Waals surface area (Å²) in [5.74, 6) is 0.615. The molecule has 0 saturated carbocycles. The van der Waals surface area contributed by atoms with Crippen molar-refractivity contribution in [2.75, 3.05) is 26.2 Å². The SMILES string of the molecule is CCNC(=O)NCC1CCN(Cc2ccccc2)CC1. The molecule has 1 aromatic carbocycles. The van der Waals surface area contributed by atoms with Crippen molar-refractivity contribution >= 4 is 6.03 Å². The number of urea groups is 1. The van der Waals surface area contributed by atoms with E-state index in [1.54, 1.807) is 0 Å². The molecule has 1 heterocycles. The molecular formula is C16H25N3O. The van der Waals surface area contributed by atoms with Crippen molar-refractivity contribution in [2.24, 2.45) is 5.92 Å². The van der Waals surface area contributed by atoms with Crippen molar-refractivity contribution in [2.45, 2.75) is 26.3 Å². The van der Waals surface area contributed by atoms with Gasteiger partial charge in [0.1, 0.15) is 0 Å². The molecular weight excluding hydrogens is 250 g/mol. The van der Waals surface area contributed by atoms with Gasteiger partial charge in [0.2, 0.25) is 0 Å². The van der Waals surface area contributed by atoms with Crippen molar-refractivity contribution in [3.63, 3.8) is 0 Å². The Kier molecular flexibility index (Phi) is 5.87. The van der Waals surface area contributed by atoms with Gasteiger partial charge in [-0.15, -0.1) is 0 Å². The second-order valence-corrected chi connectivity index (χ2v) is 5.45. The maximum absolute atomic E-state index is 11.4. The monoisotopic (exact) mass is 275 g/mol. The Bertz CT molecular complexity index is 399. The molecule has 4 nitrogen and oxygen atoms in total. The molecule has 2 rings (SSSR count). The van der Waals surface area contributed by atoms with Crippen LogP contribution in [-0.2, 0) is 6.54 Å². The van der Waals surface area contributed by atoms with Crippen molar-refractivity contribution < 1.29 is 4.79 Å². The van der Waals surface area contributed by atoms with E-state index >= 15 is 0 Å². The Morgan fingerprint density at radius 1 is 1.20 bits per heavy atom. The molecule has 0 radical (unpaired) electrons. The highest BCUT2D eigenvalue weighted by Crippen LogP contribution is 2.18. The molecule has 0 spiro atoms. The fourth-order valence-corrected chi connectivity index (χ4v) is 2.65. The van der Waals surface area contributed by atoms with E-state index in [1.165, 1.54) is 18.4 Å². The van der Waals surface area contributed by atoms with Crippen molar-refractivity contribution in [3.8, 4) is 0 Å². The number of nitrogens with one attached hydrogen (secondary N) is 2. The summed E-state index contributed by atoms with van der Waals surface area (Å²) >= 11 is 0. The van der Waals surface area contributed by atoms with Gasteiger partial charge in [-0.2, -0.15) is 0 Å². The van der Waals surface area contributed by atoms with Gasteiger partial charge in [-0.1, -0.05) is 30.3 Å². The van der Waals surface area contributed by atoms with Crippen LogP contribution in [0.5, 0.6) is 0 Å². The Hall–Kier alpha value is -1.55. The number of amides is 2. The summed E-state index contributed by atoms with van der Waals surface area (Å²) in [4.78, 5) is 13.9. The molecule has 110 valence electrons. The lowest BCUT2D eigenvalue weighted by Gasteiger charge is -2.32. The quantitative estimate of drug-likeness (QED) is 0.865. The van der Waals surface area contributed by atoms with E-state index in [9.17, 15) is 4.79 Å². The van der Waals surface area contributed by atoms with E-state index in [-0.39, 0.29) is 6.03 Å². The molecule has 1 saturated heterocycles. The van der Waals surface area contributed by atoms with Crippen molar-refractivity contribution in [1.82, 2.24) is 15.5 Å². The number of likely N-dealkylation sites (tertiary alicyclic amines) is 1. The lowest BCUT2D eigenvalue weighted by Crippen LogP contribution is -2.41. The van der Waals surface area contributed by atoms with Gasteiger partial charge in [0.25, 0.3) is 0 Å². The van der Waals surface area contributed by atoms with E-state index in [1.807, 2.05) is 6.92 Å². The zero-order valence-corrected chi connectivity index (χ0v) is 12.3. The van der Waals surface area contributed by atoms with Crippen LogP contribution in [0.1, 0.15) is 25.3 Å². The number of rotatable bonds is 5. The number of piperidine rings is 1. The minimum absolute atomic E-state index is 0.0424. The smallest absolute Gasteiger partial charge is 0.314 e. The first-order valence-corrected chi connectivity index (χ1v) is 7.56. The van der Waals surface area contributed by atoms with E-state index in [0.717, 1.165) is 26.2 Å². The number of carbonyl (C=O) groups excluding carboxylic acids is 1. The van der Waals surface area contributed by atoms with Crippen LogP contribution in [-0.4, -0.2) is 37.1 Å². The van der Waals surface area contributed by atoms with Crippen molar-refractivity contribution in [3.05, 3.63) is 35.9 Å². The third-order valence-corrected chi connectivity index (χ3v) is 3.84. The standard InChI is InChI=1S/C16H25N3O/c1-2-17-16(20)18-12-14-8-10-19(11-9-14)13-15-6-4-3-5-7-15/h3-7,14H,2,8-13H2,1H3,(H2,17,18,20). The van der Waals surface area contributed by atoms with E-state index in [4.69, 9.17) is 0 Å². The van der Waals surface area contributed by atoms with Crippen LogP contribution in [0.2, 0.25) is 0 Å². The maximum atomic E-state index is 11.4. The fraction of sp³-hybridized carbons (Fsp3) is 0.562. The third-order valence-electron chi connectivity index (χ3n) is 3.84. The van der Waals surface area contributed by atoms with Gasteiger partial charge < -0.3 is 10.6 Å². The third kappa shape index (κ3) is 4.85. The van der Waals surface area contributed by atoms with Gasteiger partial charge in [-0.25, -0.2) is 4.79 Å². The molecule has 1 aromatic rings. The zero-order valence-electron chi connectivity index (χ0n) is 12.3. The Morgan fingerprint density at radius 2 is 1.90 bits per heavy atom. The van der Waals surface area contributed by atoms with Crippen LogP contribution in [0.3, 0.4) is 0 Å². The van der Waals surface area contributed by atoms with Crippen LogP contribution >= 0.6 is 0 Å². The summed E-state index contributed by atoms with van der Waals surface area (Å²) in [6, 6.07) is 10.6. The van der Waals surface area contributed by atoms with Crippen LogP contribution < -0.4 is 10.6 Å². The molecule has 4 heteroatoms. The fourth-order valence-electron chi connectivity index (χ4n) is 2.65. The molecule has 2 N–H and O–H groups in total. The lowest BCUT2D eigenvalue weighted by molar-refractivity contribution is 0.175. The minimum Gasteiger partial charge on any atom is -0.338 e. The summed E-state index contributed by atoms with van der Waals surface area (Å²) < 4.78 is 0. The molecule has 0 atom stereocenters. The molecule has 0 unspecified atom stereocenters. The van der Waals surface area contributed by atoms with Gasteiger partial charge in [0.15, 0.2) is 0 Å². The summed E-state index contributed by atoms with van der Waals surface area (Å²) in [6.07, 6.45) is 2.33. The summed E-state index contributed by atoms with van der Waals surface area (Å²) in [6.45, 7) is 6.69. The van der Waals surface area contributed by atoms with Crippen LogP contribution in [0.4, 0.5) is 4.79 Å². The first kappa shape index (κ1) is 14.9. The second-order valence-electron chi connectivity index (χ2n) is 5.45. The van der Waals surface area contributed by atoms with Gasteiger partial charge in [-0.05, 0) is 44.3 Å². The maximum Gasteiger partial charge on any atom is 0.314 e. The number of benzene rings is 1. The van der Waals surface area contributed by atoms with Crippen LogP contribution in [0.15, 0.2) is 30.3 Å². The molecule has 1 fully saturated rings. The first-order valence-electron chi connectivity index (χ1n) is 7.56. The van der Waals surface area contributed by atoms with Crippen molar-refractivity contribution in [1.29, 1.82) is 0 Å². The summed E-state index contributed by atoms with van der Waals surface area (Å²) in [5.41, 5.74) is 1.38. The number of hydrogen-bond donors (Lipinski definition) is 2. The molecule has 0 aromatic heterocycles. The van der Waals surface area contributed by atoms with Gasteiger partial charge in [0, 0.05) is 19.6 Å². The molecule has 1 aliphatic rings. The molecule has 2 amide bonds. The molecule has 0 aliphatic carbocycles. The second kappa shape index (κ2) is 7.90. The lowest BCUT2D eigenvalue weighted by atomic mass is 9.96. The highest BCUT2D eigenvalue weighted by atomic mass is 16.2. The van der Waals surface area contributed by atoms with Crippen LogP contribution in [0.25, 0.3) is 0 Å². The van der Waals surface area contributed by atoms with Crippen LogP contribution in [0, 0.1) is 5.92 Å². The Morgan fingerprint density at radius 3 is 2.55 bits per heavy atom. The topological polar surface area (TPSA) is 44.4 Å². The Balaban J connectivity index is 1.66. The van der Waals surface area contributed by atoms with E-state index in [0.29, 0.717) is 12.5 Å². The average Bonchev–Trinajstić information content (AvgIpc) is 2.48. The molecule has 1 aliphatic heterocycles. The average molecular weight is 275 g/mol. The van der Waals surface area contributed by atoms with Gasteiger partial charge in [-0.3, -0.25) is 4.90 Å². The molecule has 0 bridgehead atoms. The highest BCUT2D eigenvalue weighted by Gasteiger charge is 2.19. The predicted molar refractivity (Wildman–Crippen MR) is 81.5 cm³/mol. The predicted octanol–water partition coefficient (Wildman–Crippen LogP) is 2.22. The zero-order chi connectivity index (χ0) is 14.2. The largest absolute Gasteiger partial charge is 0.338 e. The number of carbonyl (C=O) groups is 1. The minimum atomic E-state index is -0.0424. The van der Waals surface area contributed by atoms with Gasteiger partial charge in [0.05, 0.1) is 0 Å². The highest BCUT2D eigenvalue weighted by molar-refractivity contribution is 5.73.